The molecule has 0 aromatic heterocycles. The monoisotopic (exact) mass is 418 g/mol. The van der Waals surface area contributed by atoms with Gasteiger partial charge in [-0.2, -0.15) is 0 Å². The minimum atomic E-state index is -0.899. The highest BCUT2D eigenvalue weighted by Crippen LogP contribution is 2.40. The van der Waals surface area contributed by atoms with Crippen molar-refractivity contribution in [1.29, 1.82) is 0 Å². The number of carbonyl (C=O) groups is 1. The minimum Gasteiger partial charge on any atom is -0.478 e. The van der Waals surface area contributed by atoms with Crippen molar-refractivity contribution in [3.05, 3.63) is 80.9 Å². The first-order chi connectivity index (χ1) is 14.8. The molecule has 3 heteroatoms. The van der Waals surface area contributed by atoms with Gasteiger partial charge in [0.15, 0.2) is 0 Å². The fourth-order valence-corrected chi connectivity index (χ4v) is 4.80. The molecular weight excluding hydrogens is 384 g/mol. The largest absolute Gasteiger partial charge is 0.478 e. The van der Waals surface area contributed by atoms with Crippen LogP contribution in [0.25, 0.3) is 12.2 Å². The Bertz CT molecular complexity index is 1010. The molecule has 0 aliphatic heterocycles. The predicted molar refractivity (Wildman–Crippen MR) is 129 cm³/mol. The lowest BCUT2D eigenvalue weighted by molar-refractivity contribution is 0.0697. The molecule has 0 saturated carbocycles. The molecule has 1 aliphatic rings. The molecule has 0 saturated heterocycles. The number of ether oxygens (including phenoxy) is 1. The van der Waals surface area contributed by atoms with Gasteiger partial charge in [0.2, 0.25) is 0 Å². The van der Waals surface area contributed by atoms with Gasteiger partial charge in [0.1, 0.15) is 0 Å². The zero-order chi connectivity index (χ0) is 22.6. The van der Waals surface area contributed by atoms with E-state index in [0.29, 0.717) is 5.56 Å². The molecule has 0 heterocycles. The summed E-state index contributed by atoms with van der Waals surface area (Å²) < 4.78 is 5.60. The zero-order valence-corrected chi connectivity index (χ0v) is 19.4. The van der Waals surface area contributed by atoms with Crippen LogP contribution in [0.1, 0.15) is 76.5 Å². The summed E-state index contributed by atoms with van der Waals surface area (Å²) in [6, 6.07) is 7.04. The van der Waals surface area contributed by atoms with Crippen molar-refractivity contribution in [3.8, 4) is 0 Å². The lowest BCUT2D eigenvalue weighted by Gasteiger charge is -2.34. The summed E-state index contributed by atoms with van der Waals surface area (Å²) in [5.41, 5.74) is 9.70. The number of benzene rings is 2. The van der Waals surface area contributed by atoms with Crippen LogP contribution in [-0.4, -0.2) is 24.3 Å². The van der Waals surface area contributed by atoms with E-state index in [4.69, 9.17) is 9.84 Å². The highest BCUT2D eigenvalue weighted by atomic mass is 16.5. The molecule has 2 aromatic carbocycles. The topological polar surface area (TPSA) is 46.5 Å². The Balaban J connectivity index is 2.05. The fourth-order valence-electron chi connectivity index (χ4n) is 4.80. The lowest BCUT2D eigenvalue weighted by Crippen LogP contribution is -2.24. The Labute approximate surface area is 186 Å². The summed E-state index contributed by atoms with van der Waals surface area (Å²) in [5.74, 6) is -0.899. The molecule has 0 bridgehead atoms. The van der Waals surface area contributed by atoms with Crippen LogP contribution in [0.5, 0.6) is 0 Å². The summed E-state index contributed by atoms with van der Waals surface area (Å²) >= 11 is 0. The number of carboxylic acids is 1. The van der Waals surface area contributed by atoms with Crippen molar-refractivity contribution < 1.29 is 14.6 Å². The molecule has 31 heavy (non-hydrogen) atoms. The van der Waals surface area contributed by atoms with E-state index in [1.54, 1.807) is 12.1 Å². The summed E-state index contributed by atoms with van der Waals surface area (Å²) in [6.07, 6.45) is 11.9. The van der Waals surface area contributed by atoms with E-state index in [0.717, 1.165) is 38.0 Å². The molecule has 0 radical (unpaired) electrons. The van der Waals surface area contributed by atoms with Crippen LogP contribution in [0.3, 0.4) is 0 Å². The number of hydrogen-bond donors (Lipinski definition) is 1. The average molecular weight is 419 g/mol. The van der Waals surface area contributed by atoms with Gasteiger partial charge in [-0.1, -0.05) is 50.3 Å². The quantitative estimate of drug-likeness (QED) is 0.301. The van der Waals surface area contributed by atoms with E-state index in [9.17, 15) is 4.79 Å². The molecule has 1 aliphatic carbocycles. The first kappa shape index (κ1) is 23.0. The van der Waals surface area contributed by atoms with Gasteiger partial charge in [0.05, 0.1) is 5.56 Å². The lowest BCUT2D eigenvalue weighted by atomic mass is 9.71. The van der Waals surface area contributed by atoms with Crippen LogP contribution in [0.2, 0.25) is 0 Å². The Morgan fingerprint density at radius 2 is 1.84 bits per heavy atom. The molecule has 164 valence electrons. The van der Waals surface area contributed by atoms with E-state index >= 15 is 0 Å². The smallest absolute Gasteiger partial charge is 0.335 e. The molecule has 0 unspecified atom stereocenters. The number of rotatable bonds is 8. The van der Waals surface area contributed by atoms with Gasteiger partial charge in [0, 0.05) is 18.6 Å². The van der Waals surface area contributed by atoms with Crippen molar-refractivity contribution in [1.82, 2.24) is 0 Å². The van der Waals surface area contributed by atoms with E-state index in [2.05, 4.69) is 52.0 Å². The van der Waals surface area contributed by atoms with E-state index in [1.165, 1.54) is 33.4 Å². The van der Waals surface area contributed by atoms with Gasteiger partial charge >= 0.3 is 5.97 Å². The second-order valence-corrected chi connectivity index (χ2v) is 8.88. The number of allylic oxidation sites excluding steroid dienone is 2. The van der Waals surface area contributed by atoms with Crippen LogP contribution >= 0.6 is 0 Å². The van der Waals surface area contributed by atoms with Crippen LogP contribution in [0.15, 0.2) is 36.4 Å². The van der Waals surface area contributed by atoms with Crippen LogP contribution in [-0.2, 0) is 23.0 Å². The number of fused-ring (bicyclic) bond motifs is 1. The minimum absolute atomic E-state index is 0.0337. The third-order valence-electron chi connectivity index (χ3n) is 6.33. The molecule has 2 aromatic rings. The molecule has 3 rings (SSSR count). The second kappa shape index (κ2) is 9.65. The number of hydrogen-bond acceptors (Lipinski definition) is 2. The van der Waals surface area contributed by atoms with Gasteiger partial charge in [0.25, 0.3) is 0 Å². The zero-order valence-electron chi connectivity index (χ0n) is 19.4. The molecule has 0 spiro atoms. The SMILES string of the molecule is CCOCCCc1c(C)c2c(c(C)c1C=Cc1ccc(C(=O)O)cc1)CC=CC2(C)C. The van der Waals surface area contributed by atoms with E-state index in [-0.39, 0.29) is 5.41 Å². The van der Waals surface area contributed by atoms with Gasteiger partial charge in [-0.15, -0.1) is 0 Å². The Morgan fingerprint density at radius 1 is 1.13 bits per heavy atom. The molecule has 1 N–H and O–H groups in total. The molecular formula is C28H34O3. The van der Waals surface area contributed by atoms with Crippen molar-refractivity contribution in [3.63, 3.8) is 0 Å². The summed E-state index contributed by atoms with van der Waals surface area (Å²) in [5, 5.41) is 9.13. The van der Waals surface area contributed by atoms with Gasteiger partial charge in [-0.05, 0) is 91.1 Å². The van der Waals surface area contributed by atoms with E-state index in [1.807, 2.05) is 19.1 Å². The van der Waals surface area contributed by atoms with Crippen molar-refractivity contribution in [2.75, 3.05) is 13.2 Å². The van der Waals surface area contributed by atoms with E-state index < -0.39 is 5.97 Å². The summed E-state index contributed by atoms with van der Waals surface area (Å²) in [4.78, 5) is 11.1. The first-order valence-electron chi connectivity index (χ1n) is 11.2. The normalized spacial score (nSPS) is 14.7. The summed E-state index contributed by atoms with van der Waals surface area (Å²) in [6.45, 7) is 12.7. The third kappa shape index (κ3) is 4.99. The van der Waals surface area contributed by atoms with Crippen LogP contribution in [0, 0.1) is 13.8 Å². The predicted octanol–water partition coefficient (Wildman–Crippen LogP) is 6.53. The van der Waals surface area contributed by atoms with Crippen molar-refractivity contribution in [2.45, 2.75) is 59.3 Å². The van der Waals surface area contributed by atoms with Crippen LogP contribution in [0.4, 0.5) is 0 Å². The molecule has 0 amide bonds. The highest BCUT2D eigenvalue weighted by Gasteiger charge is 2.29. The fraction of sp³-hybridized carbons (Fsp3) is 0.393. The molecule has 0 fully saturated rings. The van der Waals surface area contributed by atoms with Gasteiger partial charge in [-0.3, -0.25) is 0 Å². The van der Waals surface area contributed by atoms with Crippen molar-refractivity contribution >= 4 is 18.1 Å². The average Bonchev–Trinajstić information content (AvgIpc) is 2.73. The maximum Gasteiger partial charge on any atom is 0.335 e. The van der Waals surface area contributed by atoms with Crippen LogP contribution < -0.4 is 0 Å². The second-order valence-electron chi connectivity index (χ2n) is 8.88. The van der Waals surface area contributed by atoms with Gasteiger partial charge in [-0.25, -0.2) is 4.79 Å². The molecule has 3 nitrogen and oxygen atoms in total. The standard InChI is InChI=1S/C28H34O3/c1-6-31-18-8-10-23-20(3)26-25(9-7-17-28(26,4)5)19(2)24(23)16-13-21-11-14-22(15-12-21)27(29)30/h7,11-17H,6,8-10,18H2,1-5H3,(H,29,30). The highest BCUT2D eigenvalue weighted by molar-refractivity contribution is 5.88. The maximum absolute atomic E-state index is 11.1. The Kier molecular flexibility index (Phi) is 7.17. The molecule has 0 atom stereocenters. The Hall–Kier alpha value is -2.65. The number of aromatic carboxylic acids is 1. The first-order valence-corrected chi connectivity index (χ1v) is 11.2. The van der Waals surface area contributed by atoms with Crippen molar-refractivity contribution in [2.24, 2.45) is 0 Å². The third-order valence-corrected chi connectivity index (χ3v) is 6.33. The summed E-state index contributed by atoms with van der Waals surface area (Å²) in [7, 11) is 0. The number of carboxylic acid groups (broad SMARTS) is 1. The maximum atomic E-state index is 11.1. The Morgan fingerprint density at radius 3 is 2.48 bits per heavy atom. The van der Waals surface area contributed by atoms with Gasteiger partial charge < -0.3 is 9.84 Å².